The second-order valence-electron chi connectivity index (χ2n) is 7.59. The van der Waals surface area contributed by atoms with Gasteiger partial charge in [0.05, 0.1) is 45.7 Å². The van der Waals surface area contributed by atoms with Gasteiger partial charge in [0.25, 0.3) is 0 Å². The molecule has 0 aliphatic heterocycles. The van der Waals surface area contributed by atoms with Crippen molar-refractivity contribution in [2.75, 3.05) is 53.2 Å². The number of nitrogens with zero attached hydrogens (tertiary/aromatic N) is 2. The SMILES string of the molecule is CCCOC(=O)OCCCOP(=O)(/N=C(\N)N(C)CC(=O)OC(C)C)OCCCOC(=O)OCCC. The number of hydrogen-bond acceptors (Lipinski definition) is 11. The van der Waals surface area contributed by atoms with Crippen LogP contribution in [0, 0.1) is 0 Å². The van der Waals surface area contributed by atoms with E-state index in [1.54, 1.807) is 13.8 Å². The Balaban J connectivity index is 4.90. The third-order valence-electron chi connectivity index (χ3n) is 3.72. The van der Waals surface area contributed by atoms with Gasteiger partial charge in [-0.15, -0.1) is 4.76 Å². The maximum absolute atomic E-state index is 13.1. The van der Waals surface area contributed by atoms with Crippen LogP contribution in [0.15, 0.2) is 4.76 Å². The van der Waals surface area contributed by atoms with E-state index in [-0.39, 0.29) is 71.1 Å². The van der Waals surface area contributed by atoms with Crippen LogP contribution in [0.3, 0.4) is 0 Å². The van der Waals surface area contributed by atoms with Crippen molar-refractivity contribution in [1.29, 1.82) is 0 Å². The molecule has 0 spiro atoms. The second-order valence-corrected chi connectivity index (χ2v) is 9.24. The van der Waals surface area contributed by atoms with Gasteiger partial charge in [-0.05, 0) is 26.7 Å². The Morgan fingerprint density at radius 3 is 1.69 bits per heavy atom. The van der Waals surface area contributed by atoms with Crippen LogP contribution >= 0.6 is 7.75 Å². The third-order valence-corrected chi connectivity index (χ3v) is 5.19. The van der Waals surface area contributed by atoms with Crippen molar-refractivity contribution in [2.24, 2.45) is 10.5 Å². The summed E-state index contributed by atoms with van der Waals surface area (Å²) in [5, 5.41) is 0. The van der Waals surface area contributed by atoms with Crippen LogP contribution in [0.1, 0.15) is 53.4 Å². The van der Waals surface area contributed by atoms with Crippen molar-refractivity contribution in [3.63, 3.8) is 0 Å². The fraction of sp³-hybridized carbons (Fsp3) is 0.810. The normalized spacial score (nSPS) is 11.7. The molecule has 0 heterocycles. The predicted octanol–water partition coefficient (Wildman–Crippen LogP) is 3.23. The highest BCUT2D eigenvalue weighted by molar-refractivity contribution is 7.52. The number of ether oxygens (including phenoxy) is 5. The van der Waals surface area contributed by atoms with Gasteiger partial charge in [0.1, 0.15) is 6.54 Å². The minimum Gasteiger partial charge on any atom is -0.462 e. The number of hydrogen-bond donors (Lipinski definition) is 1. The molecule has 0 aromatic carbocycles. The Kier molecular flexibility index (Phi) is 18.2. The zero-order valence-corrected chi connectivity index (χ0v) is 22.7. The topological polar surface area (TPSA) is 175 Å². The summed E-state index contributed by atoms with van der Waals surface area (Å²) in [5.74, 6) is -0.834. The van der Waals surface area contributed by atoms with Crippen LogP contribution in [0.5, 0.6) is 0 Å². The molecule has 0 aromatic rings. The number of nitrogens with two attached hydrogens (primary N) is 1. The molecule has 0 amide bonds. The van der Waals surface area contributed by atoms with Gasteiger partial charge in [-0.3, -0.25) is 13.8 Å². The first-order valence-corrected chi connectivity index (χ1v) is 13.3. The molecular formula is C21H40N3O11P. The first kappa shape index (κ1) is 33.4. The van der Waals surface area contributed by atoms with E-state index in [4.69, 9.17) is 38.5 Å². The van der Waals surface area contributed by atoms with E-state index in [0.29, 0.717) is 12.8 Å². The third kappa shape index (κ3) is 17.8. The minimum absolute atomic E-state index is 0.0452. The standard InChI is InChI=1S/C21H40N3O11P/c1-6-10-29-20(26)31-12-8-14-33-36(28,34-15-9-13-32-21(27)30-11-7-2)23-19(22)24(5)16-18(25)35-17(3)4/h17H,6-16H2,1-5H3,(H2,22,23,28). The van der Waals surface area contributed by atoms with Crippen molar-refractivity contribution >= 4 is 32.0 Å². The molecule has 0 unspecified atom stereocenters. The largest absolute Gasteiger partial charge is 0.508 e. The first-order chi connectivity index (χ1) is 17.0. The molecule has 2 N–H and O–H groups in total. The number of esters is 1. The molecule has 0 aliphatic carbocycles. The molecule has 0 saturated carbocycles. The van der Waals surface area contributed by atoms with Crippen LogP contribution in [0.2, 0.25) is 0 Å². The quantitative estimate of drug-likeness (QED) is 0.0669. The maximum atomic E-state index is 13.1. The summed E-state index contributed by atoms with van der Waals surface area (Å²) in [5.41, 5.74) is 5.88. The van der Waals surface area contributed by atoms with Gasteiger partial charge < -0.3 is 34.3 Å². The Morgan fingerprint density at radius 2 is 1.28 bits per heavy atom. The van der Waals surface area contributed by atoms with Crippen molar-refractivity contribution < 1.29 is 51.7 Å². The summed E-state index contributed by atoms with van der Waals surface area (Å²) in [6.07, 6.45) is -0.277. The van der Waals surface area contributed by atoms with Gasteiger partial charge in [-0.25, -0.2) is 14.2 Å². The highest BCUT2D eigenvalue weighted by Gasteiger charge is 2.26. The summed E-state index contributed by atoms with van der Waals surface area (Å²) in [4.78, 5) is 35.8. The lowest BCUT2D eigenvalue weighted by Crippen LogP contribution is -2.38. The van der Waals surface area contributed by atoms with E-state index >= 15 is 0 Å². The van der Waals surface area contributed by atoms with Crippen molar-refractivity contribution in [2.45, 2.75) is 59.5 Å². The first-order valence-electron chi connectivity index (χ1n) is 11.8. The van der Waals surface area contributed by atoms with E-state index in [1.807, 2.05) is 13.8 Å². The average molecular weight is 542 g/mol. The number of guanidine groups is 1. The van der Waals surface area contributed by atoms with E-state index in [2.05, 4.69) is 4.76 Å². The molecule has 210 valence electrons. The number of carbonyl (C=O) groups is 3. The lowest BCUT2D eigenvalue weighted by atomic mass is 10.5. The molecule has 36 heavy (non-hydrogen) atoms. The van der Waals surface area contributed by atoms with Gasteiger partial charge in [0.2, 0.25) is 5.96 Å². The van der Waals surface area contributed by atoms with Crippen molar-refractivity contribution in [1.82, 2.24) is 4.90 Å². The molecule has 0 atom stereocenters. The highest BCUT2D eigenvalue weighted by atomic mass is 31.2. The fourth-order valence-corrected chi connectivity index (χ4v) is 3.43. The molecule has 0 rings (SSSR count). The van der Waals surface area contributed by atoms with Crippen LogP contribution in [0.4, 0.5) is 9.59 Å². The highest BCUT2D eigenvalue weighted by Crippen LogP contribution is 2.50. The van der Waals surface area contributed by atoms with Crippen LogP contribution < -0.4 is 5.73 Å². The smallest absolute Gasteiger partial charge is 0.462 e. The summed E-state index contributed by atoms with van der Waals surface area (Å²) in [6, 6.07) is 0. The molecule has 0 saturated heterocycles. The van der Waals surface area contributed by atoms with E-state index in [9.17, 15) is 18.9 Å². The Labute approximate surface area is 212 Å². The van der Waals surface area contributed by atoms with Crippen molar-refractivity contribution in [3.05, 3.63) is 0 Å². The summed E-state index contributed by atoms with van der Waals surface area (Å²) >= 11 is 0. The second kappa shape index (κ2) is 19.6. The van der Waals surface area contributed by atoms with Crippen molar-refractivity contribution in [3.8, 4) is 0 Å². The van der Waals surface area contributed by atoms with Gasteiger partial charge in [0.15, 0.2) is 0 Å². The fourth-order valence-electron chi connectivity index (χ4n) is 2.11. The minimum atomic E-state index is -4.14. The maximum Gasteiger partial charge on any atom is 0.508 e. The lowest BCUT2D eigenvalue weighted by molar-refractivity contribution is -0.147. The molecule has 15 heteroatoms. The van der Waals surface area contributed by atoms with Gasteiger partial charge in [-0.2, -0.15) is 0 Å². The number of carbonyl (C=O) groups excluding carboxylic acids is 3. The zero-order chi connectivity index (χ0) is 27.4. The molecule has 0 radical (unpaired) electrons. The Hall–Kier alpha value is -2.57. The summed E-state index contributed by atoms with van der Waals surface area (Å²) in [7, 11) is -2.68. The zero-order valence-electron chi connectivity index (χ0n) is 21.8. The Morgan fingerprint density at radius 1 is 0.833 bits per heavy atom. The molecule has 0 fully saturated rings. The molecule has 0 aliphatic rings. The number of likely N-dealkylation sites (N-methyl/N-ethyl adjacent to an activating group) is 1. The lowest BCUT2D eigenvalue weighted by Gasteiger charge is -2.20. The van der Waals surface area contributed by atoms with E-state index in [0.717, 1.165) is 0 Å². The average Bonchev–Trinajstić information content (AvgIpc) is 2.80. The Bertz CT molecular complexity index is 700. The monoisotopic (exact) mass is 541 g/mol. The number of rotatable bonds is 18. The van der Waals surface area contributed by atoms with Gasteiger partial charge in [0, 0.05) is 19.9 Å². The van der Waals surface area contributed by atoms with Gasteiger partial charge >= 0.3 is 26.0 Å². The molecule has 0 aromatic heterocycles. The van der Waals surface area contributed by atoms with E-state index in [1.165, 1.54) is 11.9 Å². The molecule has 14 nitrogen and oxygen atoms in total. The summed E-state index contributed by atoms with van der Waals surface area (Å²) in [6.45, 7) is 6.95. The van der Waals surface area contributed by atoms with Crippen LogP contribution in [-0.2, 0) is 42.1 Å². The summed E-state index contributed by atoms with van der Waals surface area (Å²) < 4.78 is 52.0. The van der Waals surface area contributed by atoms with E-state index < -0.39 is 26.0 Å². The molecule has 0 bridgehead atoms. The predicted molar refractivity (Wildman–Crippen MR) is 129 cm³/mol. The van der Waals surface area contributed by atoms with Crippen LogP contribution in [0.25, 0.3) is 0 Å². The van der Waals surface area contributed by atoms with Gasteiger partial charge in [-0.1, -0.05) is 13.8 Å². The molecular weight excluding hydrogens is 501 g/mol. The van der Waals surface area contributed by atoms with Crippen LogP contribution in [-0.4, -0.2) is 88.5 Å².